The quantitative estimate of drug-likeness (QED) is 0.223. The van der Waals surface area contributed by atoms with Crippen molar-refractivity contribution in [3.63, 3.8) is 0 Å². The largest absolute Gasteiger partial charge is 0.482 e. The number of benzene rings is 1. The number of nitrogens with one attached hydrogen (secondary N) is 2. The zero-order chi connectivity index (χ0) is 25.7. The van der Waals surface area contributed by atoms with Gasteiger partial charge in [-0.25, -0.2) is 4.39 Å². The Morgan fingerprint density at radius 2 is 2.09 bits per heavy atom. The summed E-state index contributed by atoms with van der Waals surface area (Å²) in [6.07, 6.45) is 0.906. The van der Waals surface area contributed by atoms with E-state index in [2.05, 4.69) is 20.5 Å². The molecule has 35 heavy (non-hydrogen) atoms. The van der Waals surface area contributed by atoms with Crippen LogP contribution in [0, 0.1) is 5.82 Å². The monoisotopic (exact) mass is 519 g/mol. The van der Waals surface area contributed by atoms with Gasteiger partial charge in [-0.05, 0) is 31.9 Å². The molecule has 0 aliphatic carbocycles. The number of hydrogen-bond donors (Lipinski definition) is 3. The number of anilines is 2. The molecular formula is C20H18B2Cl2FN5O5. The standard InChI is InChI=1S/C20H18B2Cl2FN5O5/c1-10(17-12(23)4-5-13(25)18(17)24)35-15-7-14(20(33)27-11-3-6-16(32)26-8-11)28-29-19(15)30(21-9-31)22(2)34/h3-10,21,34H,1-2H3,(H,26,32)(H,27,33). The lowest BCUT2D eigenvalue weighted by molar-refractivity contribution is 0.102. The zero-order valence-corrected chi connectivity index (χ0v) is 20.0. The van der Waals surface area contributed by atoms with E-state index in [1.807, 2.05) is 0 Å². The van der Waals surface area contributed by atoms with E-state index in [9.17, 15) is 23.8 Å². The summed E-state index contributed by atoms with van der Waals surface area (Å²) in [5, 5.41) is 20.4. The van der Waals surface area contributed by atoms with Gasteiger partial charge in [0.2, 0.25) is 5.56 Å². The van der Waals surface area contributed by atoms with Crippen LogP contribution in [0.3, 0.4) is 0 Å². The van der Waals surface area contributed by atoms with E-state index >= 15 is 0 Å². The van der Waals surface area contributed by atoms with Crippen LogP contribution in [-0.2, 0) is 4.79 Å². The molecule has 2 heterocycles. The summed E-state index contributed by atoms with van der Waals surface area (Å²) in [6.45, 7) is 2.94. The molecule has 0 bridgehead atoms. The molecular weight excluding hydrogens is 502 g/mol. The number of amides is 1. The van der Waals surface area contributed by atoms with Crippen LogP contribution in [0.25, 0.3) is 0 Å². The van der Waals surface area contributed by atoms with Gasteiger partial charge in [-0.15, -0.1) is 10.2 Å². The first-order chi connectivity index (χ1) is 16.6. The van der Waals surface area contributed by atoms with Crippen molar-refractivity contribution >= 4 is 61.3 Å². The lowest BCUT2D eigenvalue weighted by Crippen LogP contribution is -2.42. The highest BCUT2D eigenvalue weighted by Gasteiger charge is 2.27. The second-order valence-corrected chi connectivity index (χ2v) is 8.07. The van der Waals surface area contributed by atoms with Crippen molar-refractivity contribution in [3.05, 3.63) is 74.0 Å². The van der Waals surface area contributed by atoms with Gasteiger partial charge in [0, 0.05) is 28.9 Å². The van der Waals surface area contributed by atoms with Crippen LogP contribution < -0.4 is 20.3 Å². The fourth-order valence-electron chi connectivity index (χ4n) is 3.11. The SMILES string of the molecule is CB(O)N(BC=O)c1nnc(C(=O)Nc2ccc(=O)[nH]c2)cc1OC(C)c1c(Cl)ccc(F)c1Cl. The molecule has 0 spiro atoms. The van der Waals surface area contributed by atoms with Crippen molar-refractivity contribution in [2.24, 2.45) is 0 Å². The number of carbonyl (C=O) groups is 2. The van der Waals surface area contributed by atoms with Crippen LogP contribution in [0.2, 0.25) is 16.9 Å². The minimum absolute atomic E-state index is 0.0526. The highest BCUT2D eigenvalue weighted by Crippen LogP contribution is 2.37. The Morgan fingerprint density at radius 3 is 2.71 bits per heavy atom. The molecule has 10 nitrogen and oxygen atoms in total. The Hall–Kier alpha value is -3.41. The van der Waals surface area contributed by atoms with Gasteiger partial charge in [0.1, 0.15) is 18.1 Å². The first-order valence-electron chi connectivity index (χ1n) is 10.2. The molecule has 3 aromatic rings. The summed E-state index contributed by atoms with van der Waals surface area (Å²) in [5.74, 6) is -1.50. The number of ether oxygens (including phenoxy) is 1. The molecule has 180 valence electrons. The molecule has 3 rings (SSSR count). The van der Waals surface area contributed by atoms with Crippen LogP contribution >= 0.6 is 23.2 Å². The predicted molar refractivity (Wildman–Crippen MR) is 133 cm³/mol. The molecule has 0 saturated heterocycles. The Bertz CT molecular complexity index is 1290. The number of rotatable bonds is 9. The van der Waals surface area contributed by atoms with Gasteiger partial charge in [-0.1, -0.05) is 23.2 Å². The molecule has 1 amide bonds. The predicted octanol–water partition coefficient (Wildman–Crippen LogP) is 2.46. The van der Waals surface area contributed by atoms with Crippen molar-refractivity contribution in [3.8, 4) is 5.75 Å². The van der Waals surface area contributed by atoms with Gasteiger partial charge in [-0.2, -0.15) is 0 Å². The summed E-state index contributed by atoms with van der Waals surface area (Å²) in [6, 6.07) is 6.29. The molecule has 1 unspecified atom stereocenters. The molecule has 0 radical (unpaired) electrons. The lowest BCUT2D eigenvalue weighted by atomic mass is 9.73. The van der Waals surface area contributed by atoms with Crippen molar-refractivity contribution in [2.75, 3.05) is 10.0 Å². The Morgan fingerprint density at radius 1 is 1.34 bits per heavy atom. The summed E-state index contributed by atoms with van der Waals surface area (Å²) >= 11 is 12.3. The molecule has 3 N–H and O–H groups in total. The van der Waals surface area contributed by atoms with Crippen LogP contribution in [0.1, 0.15) is 29.1 Å². The molecule has 1 aromatic carbocycles. The third-order valence-corrected chi connectivity index (χ3v) is 5.51. The van der Waals surface area contributed by atoms with Crippen molar-refractivity contribution < 1.29 is 23.7 Å². The third kappa shape index (κ3) is 6.18. The molecule has 0 aliphatic heterocycles. The van der Waals surface area contributed by atoms with Crippen LogP contribution in [0.5, 0.6) is 5.75 Å². The summed E-state index contributed by atoms with van der Waals surface area (Å²) in [4.78, 5) is 37.5. The summed E-state index contributed by atoms with van der Waals surface area (Å²) in [5.41, 5.74) is -0.0920. The van der Waals surface area contributed by atoms with E-state index < -0.39 is 24.9 Å². The zero-order valence-electron chi connectivity index (χ0n) is 18.5. The first-order valence-corrected chi connectivity index (χ1v) is 10.9. The Labute approximate surface area is 209 Å². The van der Waals surface area contributed by atoms with Crippen molar-refractivity contribution in [1.82, 2.24) is 15.2 Å². The molecule has 0 aliphatic rings. The van der Waals surface area contributed by atoms with Gasteiger partial charge < -0.3 is 29.6 Å². The number of aromatic amines is 1. The van der Waals surface area contributed by atoms with Crippen molar-refractivity contribution in [2.45, 2.75) is 19.9 Å². The lowest BCUT2D eigenvalue weighted by Gasteiger charge is -2.26. The number of hydrogen-bond acceptors (Lipinski definition) is 8. The maximum Gasteiger partial charge on any atom is 0.397 e. The van der Waals surface area contributed by atoms with Gasteiger partial charge in [0.15, 0.2) is 17.3 Å². The number of H-pyrrole nitrogens is 1. The van der Waals surface area contributed by atoms with Gasteiger partial charge in [0.05, 0.1) is 10.7 Å². The highest BCUT2D eigenvalue weighted by molar-refractivity contribution is 6.82. The van der Waals surface area contributed by atoms with E-state index in [4.69, 9.17) is 27.9 Å². The van der Waals surface area contributed by atoms with Crippen LogP contribution in [0.15, 0.2) is 41.3 Å². The normalized spacial score (nSPS) is 11.4. The second-order valence-electron chi connectivity index (χ2n) is 7.28. The second kappa shape index (κ2) is 11.3. The molecule has 15 heteroatoms. The number of carbonyl (C=O) groups excluding carboxylic acids is 2. The summed E-state index contributed by atoms with van der Waals surface area (Å²) < 4.78 is 21.2. The van der Waals surface area contributed by atoms with E-state index in [1.165, 1.54) is 42.0 Å². The first kappa shape index (κ1) is 26.2. The van der Waals surface area contributed by atoms with E-state index in [0.717, 1.165) is 6.07 Å². The van der Waals surface area contributed by atoms with E-state index in [0.29, 0.717) is 11.9 Å². The third-order valence-electron chi connectivity index (χ3n) is 4.80. The van der Waals surface area contributed by atoms with Crippen LogP contribution in [-0.4, -0.2) is 46.8 Å². The van der Waals surface area contributed by atoms with E-state index in [1.54, 1.807) is 6.92 Å². The summed E-state index contributed by atoms with van der Waals surface area (Å²) in [7, 11) is -1.43. The smallest absolute Gasteiger partial charge is 0.397 e. The van der Waals surface area contributed by atoms with E-state index in [-0.39, 0.29) is 45.8 Å². The molecule has 0 fully saturated rings. The minimum Gasteiger partial charge on any atom is -0.482 e. The average molecular weight is 520 g/mol. The van der Waals surface area contributed by atoms with Gasteiger partial charge in [-0.3, -0.25) is 9.59 Å². The van der Waals surface area contributed by atoms with Crippen LogP contribution in [0.4, 0.5) is 15.9 Å². The number of aromatic nitrogens is 3. The number of halogens is 3. The number of nitrogens with zero attached hydrogens (tertiary/aromatic N) is 3. The van der Waals surface area contributed by atoms with Crippen molar-refractivity contribution in [1.29, 1.82) is 0 Å². The molecule has 0 saturated carbocycles. The molecule has 1 atom stereocenters. The number of pyridine rings is 1. The minimum atomic E-state index is -1.17. The Balaban J connectivity index is 2.02. The average Bonchev–Trinajstić information content (AvgIpc) is 2.81. The maximum absolute atomic E-state index is 14.1. The fraction of sp³-hybridized carbons (Fsp3) is 0.150. The highest BCUT2D eigenvalue weighted by atomic mass is 35.5. The van der Waals surface area contributed by atoms with Gasteiger partial charge >= 0.3 is 14.5 Å². The Kier molecular flexibility index (Phi) is 8.49. The topological polar surface area (TPSA) is 138 Å². The fourth-order valence-corrected chi connectivity index (χ4v) is 3.79. The maximum atomic E-state index is 14.1. The molecule has 2 aromatic heterocycles. The van der Waals surface area contributed by atoms with Gasteiger partial charge in [0.25, 0.3) is 5.91 Å².